The van der Waals surface area contributed by atoms with Crippen LogP contribution in [0.4, 0.5) is 0 Å². The second kappa shape index (κ2) is 4.05. The number of allylic oxidation sites excluding steroid dienone is 2. The molecule has 0 bridgehead atoms. The fraction of sp³-hybridized carbons (Fsp3) is 0.833. The average Bonchev–Trinajstić information content (AvgIpc) is 2.49. The second-order valence-electron chi connectivity index (χ2n) is 4.95. The van der Waals surface area contributed by atoms with Crippen molar-refractivity contribution in [3.63, 3.8) is 0 Å². The van der Waals surface area contributed by atoms with Gasteiger partial charge in [0.2, 0.25) is 0 Å². The van der Waals surface area contributed by atoms with Gasteiger partial charge in [-0.05, 0) is 25.7 Å². The summed E-state index contributed by atoms with van der Waals surface area (Å²) in [6, 6.07) is 0. The third kappa shape index (κ3) is 1.73. The van der Waals surface area contributed by atoms with Gasteiger partial charge in [0.05, 0.1) is 5.70 Å². The lowest BCUT2D eigenvalue weighted by atomic mass is 9.92. The average molecular weight is 208 g/mol. The molecule has 84 valence electrons. The van der Waals surface area contributed by atoms with Crippen molar-refractivity contribution in [3.05, 3.63) is 11.5 Å². The van der Waals surface area contributed by atoms with E-state index >= 15 is 0 Å². The molecule has 1 N–H and O–H groups in total. The van der Waals surface area contributed by atoms with E-state index in [4.69, 9.17) is 4.84 Å². The lowest BCUT2D eigenvalue weighted by Gasteiger charge is -2.28. The molecule has 0 aromatic carbocycles. The molecule has 0 amide bonds. The first-order chi connectivity index (χ1) is 7.45. The van der Waals surface area contributed by atoms with Crippen LogP contribution in [0.25, 0.3) is 0 Å². The van der Waals surface area contributed by atoms with Gasteiger partial charge in [-0.25, -0.2) is 0 Å². The molecule has 2 aliphatic heterocycles. The molecule has 0 aromatic rings. The molecule has 0 saturated carbocycles. The van der Waals surface area contributed by atoms with Crippen LogP contribution in [0.2, 0.25) is 0 Å². The van der Waals surface area contributed by atoms with Gasteiger partial charge in [-0.3, -0.25) is 5.01 Å². The quantitative estimate of drug-likeness (QED) is 0.662. The Morgan fingerprint density at radius 3 is 2.87 bits per heavy atom. The Kier molecular flexibility index (Phi) is 2.57. The maximum Gasteiger partial charge on any atom is 0.147 e. The fourth-order valence-electron chi connectivity index (χ4n) is 3.09. The summed E-state index contributed by atoms with van der Waals surface area (Å²) in [5, 5.41) is 2.27. The first kappa shape index (κ1) is 9.52. The zero-order valence-electron chi connectivity index (χ0n) is 9.30. The van der Waals surface area contributed by atoms with E-state index in [2.05, 4.69) is 10.6 Å². The second-order valence-corrected chi connectivity index (χ2v) is 4.95. The monoisotopic (exact) mass is 208 g/mol. The highest BCUT2D eigenvalue weighted by atomic mass is 16.7. The van der Waals surface area contributed by atoms with Crippen LogP contribution in [0.3, 0.4) is 0 Å². The number of nitrogens with zero attached hydrogens (tertiary/aromatic N) is 1. The van der Waals surface area contributed by atoms with Crippen molar-refractivity contribution in [1.29, 1.82) is 0 Å². The minimum atomic E-state index is 0.762. The highest BCUT2D eigenvalue weighted by Gasteiger charge is 2.32. The van der Waals surface area contributed by atoms with Crippen molar-refractivity contribution in [2.45, 2.75) is 51.4 Å². The number of hydrazine groups is 1. The van der Waals surface area contributed by atoms with Crippen molar-refractivity contribution in [3.8, 4) is 0 Å². The number of hydrogen-bond donors (Lipinski definition) is 1. The van der Waals surface area contributed by atoms with E-state index in [1.165, 1.54) is 56.4 Å². The Morgan fingerprint density at radius 1 is 1.07 bits per heavy atom. The van der Waals surface area contributed by atoms with Gasteiger partial charge in [-0.1, -0.05) is 24.9 Å². The SMILES string of the molecule is C1CCC2CCCCC3=C2N(CC1)NO3. The molecule has 1 aliphatic carbocycles. The molecular weight excluding hydrogens is 188 g/mol. The Hall–Kier alpha value is -0.700. The largest absolute Gasteiger partial charge is 0.392 e. The van der Waals surface area contributed by atoms with Crippen LogP contribution >= 0.6 is 0 Å². The normalized spacial score (nSPS) is 31.5. The zero-order chi connectivity index (χ0) is 10.1. The van der Waals surface area contributed by atoms with Crippen LogP contribution in [0.15, 0.2) is 11.5 Å². The van der Waals surface area contributed by atoms with Crippen LogP contribution in [0.1, 0.15) is 51.4 Å². The molecule has 3 heteroatoms. The fourth-order valence-corrected chi connectivity index (χ4v) is 3.09. The molecule has 2 heterocycles. The van der Waals surface area contributed by atoms with Crippen molar-refractivity contribution >= 4 is 0 Å². The summed E-state index contributed by atoms with van der Waals surface area (Å²) >= 11 is 0. The van der Waals surface area contributed by atoms with Gasteiger partial charge in [-0.15, -0.1) is 0 Å². The van der Waals surface area contributed by atoms with Crippen molar-refractivity contribution in [2.24, 2.45) is 5.92 Å². The van der Waals surface area contributed by atoms with E-state index in [9.17, 15) is 0 Å². The summed E-state index contributed by atoms with van der Waals surface area (Å²) in [4.78, 5) is 5.62. The maximum atomic E-state index is 5.62. The lowest BCUT2D eigenvalue weighted by Crippen LogP contribution is -2.35. The van der Waals surface area contributed by atoms with Crippen LogP contribution in [0.5, 0.6) is 0 Å². The standard InChI is InChI=1S/C12H20N2O/c1-2-6-10-7-3-4-8-11-12(10)14(9-5-1)13-15-11/h10,13H,1-9H2. The summed E-state index contributed by atoms with van der Waals surface area (Å²) in [6.07, 6.45) is 10.6. The molecule has 0 aromatic heterocycles. The first-order valence-corrected chi connectivity index (χ1v) is 6.38. The van der Waals surface area contributed by atoms with Crippen molar-refractivity contribution in [1.82, 2.24) is 10.6 Å². The number of rotatable bonds is 0. The van der Waals surface area contributed by atoms with E-state index < -0.39 is 0 Å². The molecule has 1 unspecified atom stereocenters. The highest BCUT2D eigenvalue weighted by molar-refractivity contribution is 5.15. The maximum absolute atomic E-state index is 5.62. The smallest absolute Gasteiger partial charge is 0.147 e. The Balaban J connectivity index is 1.89. The minimum Gasteiger partial charge on any atom is -0.392 e. The summed E-state index contributed by atoms with van der Waals surface area (Å²) in [6.45, 7) is 1.12. The summed E-state index contributed by atoms with van der Waals surface area (Å²) in [7, 11) is 0. The van der Waals surface area contributed by atoms with Gasteiger partial charge in [0, 0.05) is 18.9 Å². The molecular formula is C12H20N2O. The zero-order valence-corrected chi connectivity index (χ0v) is 9.30. The van der Waals surface area contributed by atoms with E-state index in [1.54, 1.807) is 0 Å². The first-order valence-electron chi connectivity index (χ1n) is 6.38. The summed E-state index contributed by atoms with van der Waals surface area (Å²) < 4.78 is 0. The Bertz CT molecular complexity index is 275. The van der Waals surface area contributed by atoms with Crippen LogP contribution in [0, 0.1) is 5.92 Å². The third-order valence-corrected chi connectivity index (χ3v) is 3.88. The van der Waals surface area contributed by atoms with Crippen molar-refractivity contribution < 1.29 is 4.84 Å². The lowest BCUT2D eigenvalue weighted by molar-refractivity contribution is 0.00820. The highest BCUT2D eigenvalue weighted by Crippen LogP contribution is 2.38. The van der Waals surface area contributed by atoms with Gasteiger partial charge in [-0.2, -0.15) is 0 Å². The predicted octanol–water partition coefficient (Wildman–Crippen LogP) is 2.71. The van der Waals surface area contributed by atoms with Gasteiger partial charge in [0.25, 0.3) is 0 Å². The molecule has 0 spiro atoms. The van der Waals surface area contributed by atoms with Gasteiger partial charge in [0.1, 0.15) is 5.76 Å². The third-order valence-electron chi connectivity index (χ3n) is 3.88. The molecule has 15 heavy (non-hydrogen) atoms. The molecule has 3 rings (SSSR count). The Morgan fingerprint density at radius 2 is 1.93 bits per heavy atom. The summed E-state index contributed by atoms with van der Waals surface area (Å²) in [5.41, 5.74) is 4.58. The van der Waals surface area contributed by atoms with Crippen LogP contribution in [-0.4, -0.2) is 11.6 Å². The van der Waals surface area contributed by atoms with Crippen LogP contribution in [-0.2, 0) is 4.84 Å². The van der Waals surface area contributed by atoms with E-state index in [-0.39, 0.29) is 0 Å². The Labute approximate surface area is 91.4 Å². The molecule has 1 atom stereocenters. The van der Waals surface area contributed by atoms with Crippen LogP contribution < -0.4 is 5.59 Å². The van der Waals surface area contributed by atoms with E-state index in [0.717, 1.165) is 18.9 Å². The van der Waals surface area contributed by atoms with E-state index in [0.29, 0.717) is 0 Å². The molecule has 3 aliphatic rings. The van der Waals surface area contributed by atoms with E-state index in [1.807, 2.05) is 0 Å². The molecule has 0 radical (unpaired) electrons. The van der Waals surface area contributed by atoms with Crippen molar-refractivity contribution in [2.75, 3.05) is 6.54 Å². The topological polar surface area (TPSA) is 24.5 Å². The van der Waals surface area contributed by atoms with Gasteiger partial charge >= 0.3 is 0 Å². The van der Waals surface area contributed by atoms with Gasteiger partial charge in [0.15, 0.2) is 0 Å². The number of nitrogens with one attached hydrogen (secondary N) is 1. The predicted molar refractivity (Wildman–Crippen MR) is 58.4 cm³/mol. The number of hydrogen-bond acceptors (Lipinski definition) is 3. The minimum absolute atomic E-state index is 0.762. The molecule has 1 saturated heterocycles. The molecule has 3 nitrogen and oxygen atoms in total. The molecule has 1 fully saturated rings. The summed E-state index contributed by atoms with van der Waals surface area (Å²) in [5.74, 6) is 2.00. The van der Waals surface area contributed by atoms with Gasteiger partial charge < -0.3 is 4.84 Å².